The zero-order valence-corrected chi connectivity index (χ0v) is 7.77. The molecule has 1 unspecified atom stereocenters. The van der Waals surface area contributed by atoms with E-state index in [9.17, 15) is 4.79 Å². The van der Waals surface area contributed by atoms with Crippen molar-refractivity contribution in [2.75, 3.05) is 0 Å². The molecule has 1 aliphatic carbocycles. The van der Waals surface area contributed by atoms with Crippen molar-refractivity contribution in [2.45, 2.75) is 16.1 Å². The molecule has 0 aliphatic heterocycles. The Morgan fingerprint density at radius 1 is 1.78 bits per heavy atom. The van der Waals surface area contributed by atoms with Crippen LogP contribution in [0, 0.1) is 5.92 Å². The van der Waals surface area contributed by atoms with E-state index in [2.05, 4.69) is 31.9 Å². The molecule has 1 saturated carbocycles. The maximum atomic E-state index is 10.1. The third kappa shape index (κ3) is 1.93. The van der Waals surface area contributed by atoms with Crippen LogP contribution in [0.4, 0.5) is 0 Å². The molecule has 0 heterocycles. The fourth-order valence-electron chi connectivity index (χ4n) is 0.702. The average molecular weight is 258 g/mol. The summed E-state index contributed by atoms with van der Waals surface area (Å²) in [6.07, 6.45) is 1.18. The fourth-order valence-corrected chi connectivity index (χ4v) is 1.81. The molecule has 0 radical (unpaired) electrons. The predicted octanol–water partition coefficient (Wildman–Crippen LogP) is 1.97. The Morgan fingerprint density at radius 2 is 2.22 bits per heavy atom. The summed E-state index contributed by atoms with van der Waals surface area (Å²) in [5, 5.41) is 8.31. The molecule has 1 atom stereocenters. The number of carbonyl (C=O) groups is 1. The molecule has 0 aromatic carbocycles. The van der Waals surface area contributed by atoms with Crippen LogP contribution >= 0.6 is 31.9 Å². The van der Waals surface area contributed by atoms with Gasteiger partial charge in [0.15, 0.2) is 0 Å². The van der Waals surface area contributed by atoms with Gasteiger partial charge in [-0.3, -0.25) is 4.79 Å². The summed E-state index contributed by atoms with van der Waals surface area (Å²) < 4.78 is -0.0572. The van der Waals surface area contributed by atoms with Gasteiger partial charge in [-0.1, -0.05) is 31.9 Å². The van der Waals surface area contributed by atoms with Gasteiger partial charge >= 0.3 is 5.97 Å². The van der Waals surface area contributed by atoms with Crippen molar-refractivity contribution in [3.63, 3.8) is 0 Å². The monoisotopic (exact) mass is 256 g/mol. The summed E-state index contributed by atoms with van der Waals surface area (Å²) in [5.74, 6) is -0.448. The van der Waals surface area contributed by atoms with E-state index in [0.29, 0.717) is 0 Å². The lowest BCUT2D eigenvalue weighted by molar-refractivity contribution is -0.137. The Labute approximate surface area is 69.9 Å². The first-order chi connectivity index (χ1) is 4.02. The maximum absolute atomic E-state index is 10.1. The minimum atomic E-state index is -0.722. The molecule has 52 valence electrons. The van der Waals surface area contributed by atoms with Crippen LogP contribution in [0.5, 0.6) is 0 Å². The highest BCUT2D eigenvalue weighted by Gasteiger charge is 2.50. The Morgan fingerprint density at radius 3 is 2.33 bits per heavy atom. The molecule has 1 fully saturated rings. The normalized spacial score (nSPS) is 29.8. The summed E-state index contributed by atoms with van der Waals surface area (Å²) in [6.45, 7) is 0. The molecule has 4 heteroatoms. The summed E-state index contributed by atoms with van der Waals surface area (Å²) in [4.78, 5) is 10.1. The second-order valence-electron chi connectivity index (χ2n) is 2.26. The van der Waals surface area contributed by atoms with Crippen LogP contribution < -0.4 is 0 Å². The van der Waals surface area contributed by atoms with Crippen molar-refractivity contribution in [1.82, 2.24) is 0 Å². The van der Waals surface area contributed by atoms with Crippen molar-refractivity contribution < 1.29 is 9.90 Å². The molecule has 1 N–H and O–H groups in total. The Hall–Kier alpha value is 0.430. The van der Waals surface area contributed by atoms with E-state index in [1.807, 2.05) is 0 Å². The number of alkyl halides is 2. The van der Waals surface area contributed by atoms with Crippen LogP contribution in [-0.2, 0) is 4.79 Å². The lowest BCUT2D eigenvalue weighted by Gasteiger charge is -1.93. The number of halogens is 2. The van der Waals surface area contributed by atoms with Gasteiger partial charge in [-0.25, -0.2) is 0 Å². The largest absolute Gasteiger partial charge is 0.481 e. The molecule has 2 nitrogen and oxygen atoms in total. The summed E-state index contributed by atoms with van der Waals surface area (Å²) in [7, 11) is 0. The highest BCUT2D eigenvalue weighted by molar-refractivity contribution is 9.25. The van der Waals surface area contributed by atoms with E-state index in [1.165, 1.54) is 0 Å². The molecular weight excluding hydrogens is 252 g/mol. The van der Waals surface area contributed by atoms with Gasteiger partial charge in [0.2, 0.25) is 0 Å². The van der Waals surface area contributed by atoms with E-state index in [4.69, 9.17) is 5.11 Å². The maximum Gasteiger partial charge on any atom is 0.303 e. The van der Waals surface area contributed by atoms with Gasteiger partial charge in [-0.15, -0.1) is 0 Å². The van der Waals surface area contributed by atoms with Gasteiger partial charge in [0, 0.05) is 0 Å². The minimum absolute atomic E-state index is 0.0572. The molecule has 0 aromatic rings. The van der Waals surface area contributed by atoms with Gasteiger partial charge in [-0.05, 0) is 12.3 Å². The van der Waals surface area contributed by atoms with Crippen LogP contribution in [0.3, 0.4) is 0 Å². The van der Waals surface area contributed by atoms with Gasteiger partial charge < -0.3 is 5.11 Å². The Kier molecular flexibility index (Phi) is 1.87. The number of carboxylic acid groups (broad SMARTS) is 1. The van der Waals surface area contributed by atoms with E-state index in [0.717, 1.165) is 6.42 Å². The second kappa shape index (κ2) is 2.23. The molecule has 0 spiro atoms. The Bertz CT molecular complexity index is 144. The van der Waals surface area contributed by atoms with Crippen molar-refractivity contribution in [1.29, 1.82) is 0 Å². The Balaban J connectivity index is 2.28. The number of aliphatic carboxylic acids is 1. The lowest BCUT2D eigenvalue weighted by atomic mass is 10.3. The summed E-state index contributed by atoms with van der Waals surface area (Å²) in [5.41, 5.74) is 0. The van der Waals surface area contributed by atoms with Crippen molar-refractivity contribution in [2.24, 2.45) is 5.92 Å². The quantitative estimate of drug-likeness (QED) is 0.768. The third-order valence-electron chi connectivity index (χ3n) is 1.38. The summed E-state index contributed by atoms with van der Waals surface area (Å²) >= 11 is 6.67. The molecule has 0 aromatic heterocycles. The highest BCUT2D eigenvalue weighted by Crippen LogP contribution is 2.57. The van der Waals surface area contributed by atoms with Gasteiger partial charge in [-0.2, -0.15) is 0 Å². The van der Waals surface area contributed by atoms with Gasteiger partial charge in [0.1, 0.15) is 0 Å². The first-order valence-corrected chi connectivity index (χ1v) is 4.20. The minimum Gasteiger partial charge on any atom is -0.481 e. The third-order valence-corrected chi connectivity index (χ3v) is 3.32. The van der Waals surface area contributed by atoms with E-state index < -0.39 is 5.97 Å². The van der Waals surface area contributed by atoms with Crippen LogP contribution in [0.1, 0.15) is 12.8 Å². The molecule has 0 bridgehead atoms. The number of hydrogen-bond donors (Lipinski definition) is 1. The topological polar surface area (TPSA) is 37.3 Å². The smallest absolute Gasteiger partial charge is 0.303 e. The summed E-state index contributed by atoms with van der Waals surface area (Å²) in [6, 6.07) is 0. The lowest BCUT2D eigenvalue weighted by Crippen LogP contribution is -1.99. The standard InChI is InChI=1S/C5H6Br2O2/c6-5(7)2-3(5)1-4(8)9/h3H,1-2H2,(H,8,9). The van der Waals surface area contributed by atoms with E-state index in [1.54, 1.807) is 0 Å². The van der Waals surface area contributed by atoms with E-state index >= 15 is 0 Å². The van der Waals surface area contributed by atoms with Gasteiger partial charge in [0.05, 0.1) is 9.65 Å². The van der Waals surface area contributed by atoms with Crippen LogP contribution in [0.15, 0.2) is 0 Å². The first kappa shape index (κ1) is 7.54. The molecular formula is C5H6Br2O2. The van der Waals surface area contributed by atoms with Gasteiger partial charge in [0.25, 0.3) is 0 Å². The SMILES string of the molecule is O=C(O)CC1CC1(Br)Br. The molecule has 1 aliphatic rings. The first-order valence-electron chi connectivity index (χ1n) is 2.62. The van der Waals surface area contributed by atoms with Crippen LogP contribution in [0.2, 0.25) is 0 Å². The molecule has 1 rings (SSSR count). The molecule has 9 heavy (non-hydrogen) atoms. The van der Waals surface area contributed by atoms with Crippen molar-refractivity contribution in [3.8, 4) is 0 Å². The predicted molar refractivity (Wildman–Crippen MR) is 40.9 cm³/mol. The van der Waals surface area contributed by atoms with Crippen LogP contribution in [0.25, 0.3) is 0 Å². The van der Waals surface area contributed by atoms with E-state index in [-0.39, 0.29) is 15.6 Å². The molecule has 0 amide bonds. The number of hydrogen-bond acceptors (Lipinski definition) is 1. The highest BCUT2D eigenvalue weighted by atomic mass is 79.9. The zero-order valence-electron chi connectivity index (χ0n) is 4.60. The zero-order chi connectivity index (χ0) is 7.07. The fraction of sp³-hybridized carbons (Fsp3) is 0.800. The van der Waals surface area contributed by atoms with Crippen molar-refractivity contribution in [3.05, 3.63) is 0 Å². The number of rotatable bonds is 2. The number of carboxylic acids is 1. The molecule has 0 saturated heterocycles. The average Bonchev–Trinajstić information content (AvgIpc) is 2.10. The second-order valence-corrected chi connectivity index (χ2v) is 6.15. The van der Waals surface area contributed by atoms with Crippen molar-refractivity contribution >= 4 is 37.8 Å². The van der Waals surface area contributed by atoms with Crippen LogP contribution in [-0.4, -0.2) is 14.3 Å².